The third-order valence-corrected chi connectivity index (χ3v) is 6.54. The molecule has 0 spiro atoms. The van der Waals surface area contributed by atoms with Crippen LogP contribution in [-0.2, 0) is 22.6 Å². The Labute approximate surface area is 191 Å². The van der Waals surface area contributed by atoms with Gasteiger partial charge in [-0.2, -0.15) is 0 Å². The molecule has 2 aliphatic rings. The topological polar surface area (TPSA) is 45.2 Å². The van der Waals surface area contributed by atoms with Gasteiger partial charge in [-0.05, 0) is 37.1 Å². The quantitative estimate of drug-likeness (QED) is 0.631. The van der Waals surface area contributed by atoms with Crippen molar-refractivity contribution in [2.24, 2.45) is 0 Å². The summed E-state index contributed by atoms with van der Waals surface area (Å²) in [5.41, 5.74) is 2.44. The van der Waals surface area contributed by atoms with E-state index in [9.17, 15) is 4.79 Å². The Morgan fingerprint density at radius 3 is 2.22 bits per heavy atom. The highest BCUT2D eigenvalue weighted by Crippen LogP contribution is 2.22. The molecule has 0 saturated carbocycles. The second-order valence-corrected chi connectivity index (χ2v) is 8.85. The van der Waals surface area contributed by atoms with Crippen molar-refractivity contribution in [3.63, 3.8) is 0 Å². The van der Waals surface area contributed by atoms with Crippen LogP contribution < -0.4 is 0 Å². The predicted molar refractivity (Wildman–Crippen MR) is 125 cm³/mol. The molecular weight excluding hydrogens is 402 g/mol. The molecule has 1 amide bonds. The number of amides is 1. The maximum absolute atomic E-state index is 12.7. The molecule has 2 atom stereocenters. The van der Waals surface area contributed by atoms with E-state index in [0.717, 1.165) is 38.3 Å². The van der Waals surface area contributed by atoms with Gasteiger partial charge in [-0.15, -0.1) is 0 Å². The lowest BCUT2D eigenvalue weighted by molar-refractivity contribution is -0.0250. The second-order valence-electron chi connectivity index (χ2n) is 8.85. The van der Waals surface area contributed by atoms with Crippen molar-refractivity contribution in [2.45, 2.75) is 38.1 Å². The molecule has 32 heavy (non-hydrogen) atoms. The molecule has 2 saturated heterocycles. The average molecular weight is 438 g/mol. The van der Waals surface area contributed by atoms with Gasteiger partial charge in [0.15, 0.2) is 0 Å². The van der Waals surface area contributed by atoms with Gasteiger partial charge in [-0.25, -0.2) is 4.79 Å². The normalized spacial score (nSPS) is 22.2. The fourth-order valence-corrected chi connectivity index (χ4v) is 4.83. The Kier molecular flexibility index (Phi) is 8.15. The fraction of sp³-hybridized carbons (Fsp3) is 0.500. The number of rotatable bonds is 8. The zero-order valence-electron chi connectivity index (χ0n) is 19.1. The van der Waals surface area contributed by atoms with E-state index < -0.39 is 0 Å². The zero-order valence-corrected chi connectivity index (χ0v) is 19.1. The van der Waals surface area contributed by atoms with E-state index in [1.165, 1.54) is 25.5 Å². The summed E-state index contributed by atoms with van der Waals surface area (Å²) in [7, 11) is 1.47. The highest BCUT2D eigenvalue weighted by atomic mass is 16.5. The number of nitrogens with zero attached hydrogens (tertiary/aromatic N) is 3. The van der Waals surface area contributed by atoms with E-state index >= 15 is 0 Å². The fourth-order valence-electron chi connectivity index (χ4n) is 4.83. The summed E-state index contributed by atoms with van der Waals surface area (Å²) >= 11 is 0. The van der Waals surface area contributed by atoms with Crippen LogP contribution in [0.2, 0.25) is 0 Å². The number of hydrogen-bond acceptors (Lipinski definition) is 5. The molecule has 6 nitrogen and oxygen atoms in total. The second kappa shape index (κ2) is 11.5. The third-order valence-electron chi connectivity index (χ3n) is 6.54. The lowest BCUT2D eigenvalue weighted by atomic mass is 10.0. The number of carbonyl (C=O) groups excluding carboxylic acids is 1. The van der Waals surface area contributed by atoms with E-state index in [1.54, 1.807) is 0 Å². The first-order valence-corrected chi connectivity index (χ1v) is 11.7. The Morgan fingerprint density at radius 2 is 1.56 bits per heavy atom. The predicted octanol–water partition coefficient (Wildman–Crippen LogP) is 3.62. The van der Waals surface area contributed by atoms with Crippen molar-refractivity contribution in [3.05, 3.63) is 71.8 Å². The Bertz CT molecular complexity index is 827. The maximum Gasteiger partial charge on any atom is 0.409 e. The number of carbonyl (C=O) groups is 1. The molecule has 2 aromatic carbocycles. The van der Waals surface area contributed by atoms with Gasteiger partial charge in [0, 0.05) is 32.2 Å². The molecule has 2 aromatic rings. The third kappa shape index (κ3) is 6.09. The number of ether oxygens (including phenoxy) is 2. The van der Waals surface area contributed by atoms with Crippen molar-refractivity contribution >= 4 is 6.09 Å². The number of likely N-dealkylation sites (tertiary alicyclic amines) is 1. The molecule has 2 fully saturated rings. The van der Waals surface area contributed by atoms with Crippen molar-refractivity contribution in [2.75, 3.05) is 46.4 Å². The van der Waals surface area contributed by atoms with Crippen LogP contribution in [0.4, 0.5) is 4.79 Å². The minimum Gasteiger partial charge on any atom is -0.453 e. The van der Waals surface area contributed by atoms with Crippen LogP contribution in [0, 0.1) is 0 Å². The summed E-state index contributed by atoms with van der Waals surface area (Å²) in [5, 5.41) is 0. The highest BCUT2D eigenvalue weighted by Gasteiger charge is 2.38. The highest BCUT2D eigenvalue weighted by molar-refractivity contribution is 5.68. The van der Waals surface area contributed by atoms with Crippen LogP contribution in [0.15, 0.2) is 60.7 Å². The molecule has 0 unspecified atom stereocenters. The summed E-state index contributed by atoms with van der Waals surface area (Å²) in [6.45, 7) is 6.64. The van der Waals surface area contributed by atoms with Gasteiger partial charge in [0.1, 0.15) is 0 Å². The number of piperazine rings is 1. The smallest absolute Gasteiger partial charge is 0.409 e. The van der Waals surface area contributed by atoms with E-state index in [0.29, 0.717) is 19.8 Å². The van der Waals surface area contributed by atoms with Gasteiger partial charge in [0.2, 0.25) is 0 Å². The number of benzene rings is 2. The molecule has 0 radical (unpaired) electrons. The van der Waals surface area contributed by atoms with Crippen LogP contribution in [0.3, 0.4) is 0 Å². The Hall–Kier alpha value is -2.41. The molecule has 0 aromatic heterocycles. The molecule has 0 bridgehead atoms. The molecule has 0 aliphatic carbocycles. The van der Waals surface area contributed by atoms with Crippen LogP contribution in [-0.4, -0.2) is 79.3 Å². The van der Waals surface area contributed by atoms with Crippen LogP contribution >= 0.6 is 0 Å². The van der Waals surface area contributed by atoms with Crippen molar-refractivity contribution in [1.29, 1.82) is 0 Å². The minimum atomic E-state index is -0.260. The summed E-state index contributed by atoms with van der Waals surface area (Å²) in [5.74, 6) is 0. The summed E-state index contributed by atoms with van der Waals surface area (Å²) in [6.07, 6.45) is 2.27. The first-order chi connectivity index (χ1) is 15.7. The Morgan fingerprint density at radius 1 is 0.906 bits per heavy atom. The van der Waals surface area contributed by atoms with Gasteiger partial charge in [-0.3, -0.25) is 4.90 Å². The van der Waals surface area contributed by atoms with Gasteiger partial charge in [0.05, 0.1) is 26.4 Å². The molecule has 0 N–H and O–H groups in total. The average Bonchev–Trinajstić information content (AvgIpc) is 3.34. The largest absolute Gasteiger partial charge is 0.453 e. The first-order valence-electron chi connectivity index (χ1n) is 11.7. The molecule has 172 valence electrons. The van der Waals surface area contributed by atoms with Crippen molar-refractivity contribution < 1.29 is 14.3 Å². The van der Waals surface area contributed by atoms with Gasteiger partial charge >= 0.3 is 6.09 Å². The van der Waals surface area contributed by atoms with E-state index in [1.807, 2.05) is 23.1 Å². The van der Waals surface area contributed by atoms with Crippen LogP contribution in [0.1, 0.15) is 24.0 Å². The molecule has 4 rings (SSSR count). The molecule has 2 heterocycles. The van der Waals surface area contributed by atoms with Crippen LogP contribution in [0.5, 0.6) is 0 Å². The first kappa shape index (κ1) is 22.8. The SMILES string of the molecule is COC(=O)N1C[C@H](CN2CCCC2)N(Cc2ccccc2)C[C@H]1COCc1ccccc1. The van der Waals surface area contributed by atoms with Gasteiger partial charge in [0.25, 0.3) is 0 Å². The molecule has 2 aliphatic heterocycles. The van der Waals surface area contributed by atoms with Crippen LogP contribution in [0.25, 0.3) is 0 Å². The summed E-state index contributed by atoms with van der Waals surface area (Å²) in [6, 6.07) is 21.0. The standard InChI is InChI=1S/C26H35N3O3/c1-31-26(30)29-19-24(17-27-14-8-9-15-27)28(16-22-10-4-2-5-11-22)18-25(29)21-32-20-23-12-6-3-7-13-23/h2-7,10-13,24-25H,8-9,14-21H2,1H3/t24-,25-/m0/s1. The maximum atomic E-state index is 12.7. The van der Waals surface area contributed by atoms with E-state index in [2.05, 4.69) is 52.3 Å². The van der Waals surface area contributed by atoms with Crippen molar-refractivity contribution in [1.82, 2.24) is 14.7 Å². The number of methoxy groups -OCH3 is 1. The van der Waals surface area contributed by atoms with Gasteiger partial charge < -0.3 is 19.3 Å². The monoisotopic (exact) mass is 437 g/mol. The summed E-state index contributed by atoms with van der Waals surface area (Å²) in [4.78, 5) is 19.6. The van der Waals surface area contributed by atoms with E-state index in [-0.39, 0.29) is 18.2 Å². The summed E-state index contributed by atoms with van der Waals surface area (Å²) < 4.78 is 11.2. The molecular formula is C26H35N3O3. The minimum absolute atomic E-state index is 0.0373. The Balaban J connectivity index is 1.46. The van der Waals surface area contributed by atoms with E-state index in [4.69, 9.17) is 9.47 Å². The lowest BCUT2D eigenvalue weighted by Gasteiger charge is -2.46. The van der Waals surface area contributed by atoms with Crippen molar-refractivity contribution in [3.8, 4) is 0 Å². The lowest BCUT2D eigenvalue weighted by Crippen LogP contribution is -2.63. The zero-order chi connectivity index (χ0) is 22.2. The number of hydrogen-bond donors (Lipinski definition) is 0. The molecule has 6 heteroatoms. The van der Waals surface area contributed by atoms with Gasteiger partial charge in [-0.1, -0.05) is 60.7 Å².